The molecule has 0 amide bonds. The summed E-state index contributed by atoms with van der Waals surface area (Å²) in [5.74, 6) is 0. The van der Waals surface area contributed by atoms with E-state index in [2.05, 4.69) is 115 Å². The van der Waals surface area contributed by atoms with E-state index in [4.69, 9.17) is 0 Å². The molecule has 2 atom stereocenters. The first-order chi connectivity index (χ1) is 13.2. The Labute approximate surface area is 169 Å². The molecule has 2 aromatic rings. The molecule has 0 bridgehead atoms. The van der Waals surface area contributed by atoms with Gasteiger partial charge < -0.3 is 4.90 Å². The molecule has 1 fully saturated rings. The molecular weight excluding hydrogens is 368 g/mol. The number of para-hydroxylation sites is 1. The predicted octanol–water partition coefficient (Wildman–Crippen LogP) is 5.23. The third kappa shape index (κ3) is 3.87. The van der Waals surface area contributed by atoms with Crippen molar-refractivity contribution in [1.29, 1.82) is 0 Å². The lowest BCUT2D eigenvalue weighted by Crippen LogP contribution is -2.29. The maximum atomic E-state index is 2.35. The van der Waals surface area contributed by atoms with Crippen LogP contribution in [0.25, 0.3) is 16.3 Å². The van der Waals surface area contributed by atoms with E-state index in [0.717, 1.165) is 0 Å². The minimum absolute atomic E-state index is 0.486. The van der Waals surface area contributed by atoms with Crippen molar-refractivity contribution in [2.45, 2.75) is 11.3 Å². The second-order valence-electron chi connectivity index (χ2n) is 6.55. The fraction of sp³-hybridized carbons (Fsp3) is 0.174. The normalized spacial score (nSPS) is 23.8. The molecule has 4 rings (SSSR count). The van der Waals surface area contributed by atoms with E-state index in [9.17, 15) is 0 Å². The van der Waals surface area contributed by atoms with E-state index in [1.807, 2.05) is 23.1 Å². The zero-order chi connectivity index (χ0) is 18.6. The summed E-state index contributed by atoms with van der Waals surface area (Å²) in [7, 11) is 4.29. The molecule has 0 saturated carbocycles. The van der Waals surface area contributed by atoms with Gasteiger partial charge in [0.2, 0.25) is 5.52 Å². The summed E-state index contributed by atoms with van der Waals surface area (Å²) in [4.78, 5) is 2.35. The number of likely N-dealkylation sites (N-methyl/N-ethyl adjacent to an activating group) is 1. The minimum Gasteiger partial charge on any atom is -0.362 e. The summed E-state index contributed by atoms with van der Waals surface area (Å²) in [5, 5.41) is 3.11. The highest BCUT2D eigenvalue weighted by Crippen LogP contribution is 2.40. The van der Waals surface area contributed by atoms with Gasteiger partial charge in [0.25, 0.3) is 5.01 Å². The molecule has 4 heteroatoms. The van der Waals surface area contributed by atoms with E-state index >= 15 is 0 Å². The third-order valence-corrected chi connectivity index (χ3v) is 7.36. The molecule has 0 radical (unpaired) electrons. The molecule has 1 aromatic heterocycles. The Morgan fingerprint density at radius 3 is 2.63 bits per heavy atom. The van der Waals surface area contributed by atoms with Gasteiger partial charge in [0.05, 0.1) is 16.3 Å². The second-order valence-corrected chi connectivity index (χ2v) is 8.82. The number of thiazole rings is 1. The highest BCUT2D eigenvalue weighted by atomic mass is 32.2. The van der Waals surface area contributed by atoms with Gasteiger partial charge in [-0.25, -0.2) is 0 Å². The summed E-state index contributed by atoms with van der Waals surface area (Å²) in [6.45, 7) is 0. The molecule has 2 aliphatic rings. The first-order valence-electron chi connectivity index (χ1n) is 9.08. The Morgan fingerprint density at radius 1 is 1.00 bits per heavy atom. The van der Waals surface area contributed by atoms with Gasteiger partial charge in [0.1, 0.15) is 11.7 Å². The number of fused-ring (bicyclic) bond motifs is 2. The highest BCUT2D eigenvalue weighted by Gasteiger charge is 2.32. The van der Waals surface area contributed by atoms with Crippen LogP contribution in [0.5, 0.6) is 0 Å². The van der Waals surface area contributed by atoms with Crippen molar-refractivity contribution in [1.82, 2.24) is 4.90 Å². The minimum atomic E-state index is 0.486. The van der Waals surface area contributed by atoms with Crippen LogP contribution in [0.4, 0.5) is 0 Å². The van der Waals surface area contributed by atoms with E-state index in [1.54, 1.807) is 0 Å². The predicted molar refractivity (Wildman–Crippen MR) is 120 cm³/mol. The average Bonchev–Trinajstić information content (AvgIpc) is 3.19. The van der Waals surface area contributed by atoms with Crippen molar-refractivity contribution in [3.63, 3.8) is 0 Å². The van der Waals surface area contributed by atoms with Crippen molar-refractivity contribution in [3.8, 4) is 0 Å². The van der Waals surface area contributed by atoms with Crippen LogP contribution in [-0.4, -0.2) is 23.2 Å². The molecule has 0 N–H and O–H groups in total. The quantitative estimate of drug-likeness (QED) is 0.520. The molecule has 27 heavy (non-hydrogen) atoms. The fourth-order valence-electron chi connectivity index (χ4n) is 3.29. The molecule has 0 spiro atoms. The molecule has 1 aliphatic heterocycles. The largest absolute Gasteiger partial charge is 0.362 e. The number of benzene rings is 1. The number of thioether (sulfide) groups is 1. The topological polar surface area (TPSA) is 7.12 Å². The van der Waals surface area contributed by atoms with Gasteiger partial charge in [-0.2, -0.15) is 4.57 Å². The van der Waals surface area contributed by atoms with Gasteiger partial charge in [0.15, 0.2) is 0 Å². The number of aryl methyl sites for hydroxylation is 1. The van der Waals surface area contributed by atoms with Gasteiger partial charge in [-0.1, -0.05) is 89.9 Å². The average molecular weight is 392 g/mol. The number of rotatable bonds is 4. The molecule has 1 aromatic carbocycles. The summed E-state index contributed by atoms with van der Waals surface area (Å²) in [6.07, 6.45) is 23.7. The van der Waals surface area contributed by atoms with Crippen LogP contribution < -0.4 is 4.57 Å². The van der Waals surface area contributed by atoms with Crippen molar-refractivity contribution >= 4 is 39.4 Å². The van der Waals surface area contributed by atoms with Gasteiger partial charge >= 0.3 is 0 Å². The van der Waals surface area contributed by atoms with Crippen molar-refractivity contribution in [2.24, 2.45) is 7.05 Å². The standard InChI is InChI=1S/C23H23N2S2/c1-24-18-12-8-10-14-20(18)26-22(24)16-6-4-3-5-7-17-23-25(2)19-13-9-11-15-21(19)27-23/h3-18,20H,1-2H3/q+1. The van der Waals surface area contributed by atoms with E-state index in [-0.39, 0.29) is 0 Å². The van der Waals surface area contributed by atoms with E-state index in [0.29, 0.717) is 11.3 Å². The summed E-state index contributed by atoms with van der Waals surface area (Å²) in [5.41, 5.74) is 1.28. The first kappa shape index (κ1) is 18.1. The summed E-state index contributed by atoms with van der Waals surface area (Å²) in [6, 6.07) is 8.99. The molecule has 2 unspecified atom stereocenters. The SMILES string of the molecule is CN1/C(=C/C=C/C=C/C=C/c2sc3ccccc3[n+]2C)SC2C=CC=CC21. The number of hydrogen-bond donors (Lipinski definition) is 0. The Hall–Kier alpha value is -2.30. The van der Waals surface area contributed by atoms with Crippen molar-refractivity contribution < 1.29 is 4.57 Å². The Balaban J connectivity index is 1.36. The first-order valence-corrected chi connectivity index (χ1v) is 10.8. The zero-order valence-electron chi connectivity index (χ0n) is 15.5. The zero-order valence-corrected chi connectivity index (χ0v) is 17.2. The highest BCUT2D eigenvalue weighted by molar-refractivity contribution is 8.04. The van der Waals surface area contributed by atoms with Crippen LogP contribution in [0.1, 0.15) is 5.01 Å². The van der Waals surface area contributed by atoms with Crippen molar-refractivity contribution in [2.75, 3.05) is 7.05 Å². The van der Waals surface area contributed by atoms with Crippen LogP contribution in [-0.2, 0) is 7.05 Å². The summed E-state index contributed by atoms with van der Waals surface area (Å²) >= 11 is 3.74. The lowest BCUT2D eigenvalue weighted by Gasteiger charge is -2.22. The maximum Gasteiger partial charge on any atom is 0.262 e. The lowest BCUT2D eigenvalue weighted by atomic mass is 10.1. The smallest absolute Gasteiger partial charge is 0.262 e. The molecular formula is C23H23N2S2+. The lowest BCUT2D eigenvalue weighted by molar-refractivity contribution is -0.642. The molecule has 1 saturated heterocycles. The Morgan fingerprint density at radius 2 is 1.78 bits per heavy atom. The molecule has 2 nitrogen and oxygen atoms in total. The number of allylic oxidation sites excluding steroid dienone is 8. The van der Waals surface area contributed by atoms with Crippen LogP contribution >= 0.6 is 23.1 Å². The van der Waals surface area contributed by atoms with Gasteiger partial charge in [-0.3, -0.25) is 0 Å². The van der Waals surface area contributed by atoms with Gasteiger partial charge in [-0.05, 0) is 12.1 Å². The molecule has 1 aliphatic carbocycles. The third-order valence-electron chi connectivity index (χ3n) is 4.80. The number of hydrogen-bond acceptors (Lipinski definition) is 3. The van der Waals surface area contributed by atoms with Crippen LogP contribution in [0, 0.1) is 0 Å². The molecule has 2 heterocycles. The van der Waals surface area contributed by atoms with Crippen molar-refractivity contribution in [3.05, 3.63) is 95.1 Å². The van der Waals surface area contributed by atoms with E-state index in [1.165, 1.54) is 20.3 Å². The monoisotopic (exact) mass is 391 g/mol. The molecule has 136 valence electrons. The summed E-state index contributed by atoms with van der Waals surface area (Å²) < 4.78 is 3.55. The Kier molecular flexibility index (Phi) is 5.46. The van der Waals surface area contributed by atoms with E-state index < -0.39 is 0 Å². The number of nitrogens with zero attached hydrogens (tertiary/aromatic N) is 2. The van der Waals surface area contributed by atoms with Crippen LogP contribution in [0.15, 0.2) is 90.1 Å². The van der Waals surface area contributed by atoms with Gasteiger partial charge in [-0.15, -0.1) is 0 Å². The van der Waals surface area contributed by atoms with Gasteiger partial charge in [0, 0.05) is 19.2 Å². The van der Waals surface area contributed by atoms with Crippen LogP contribution in [0.3, 0.4) is 0 Å². The van der Waals surface area contributed by atoms with Crippen LogP contribution in [0.2, 0.25) is 0 Å². The number of aromatic nitrogens is 1. The Bertz CT molecular complexity index is 1000. The second kappa shape index (κ2) is 8.15. The fourth-order valence-corrected chi connectivity index (χ4v) is 5.66. The maximum absolute atomic E-state index is 2.35.